The maximum absolute atomic E-state index is 11.6. The first kappa shape index (κ1) is 15.4. The number of carbonyl (C=O) groups excluding carboxylic acids is 1. The number of aromatic nitrogens is 2. The zero-order chi connectivity index (χ0) is 15.2. The molecule has 2 heterocycles. The Hall–Kier alpha value is -2.00. The lowest BCUT2D eigenvalue weighted by Crippen LogP contribution is -2.19. The summed E-state index contributed by atoms with van der Waals surface area (Å²) in [6, 6.07) is 6.41. The van der Waals surface area contributed by atoms with E-state index in [0.717, 1.165) is 11.1 Å². The third-order valence-electron chi connectivity index (χ3n) is 2.26. The van der Waals surface area contributed by atoms with Gasteiger partial charge >= 0.3 is 5.97 Å². The average molecular weight is 328 g/mol. The predicted octanol–water partition coefficient (Wildman–Crippen LogP) is 1.79. The lowest BCUT2D eigenvalue weighted by molar-refractivity contribution is -0.144. The number of hydrogen-bond donors (Lipinski definition) is 3. The highest BCUT2D eigenvalue weighted by molar-refractivity contribution is 8.76. The van der Waals surface area contributed by atoms with Gasteiger partial charge in [-0.25, -0.2) is 9.78 Å². The van der Waals surface area contributed by atoms with Gasteiger partial charge in [0.2, 0.25) is 5.88 Å². The van der Waals surface area contributed by atoms with Crippen LogP contribution >= 0.6 is 21.6 Å². The van der Waals surface area contributed by atoms with Crippen molar-refractivity contribution in [2.24, 2.45) is 0 Å². The molecule has 3 N–H and O–H groups in total. The normalized spacial score (nSPS) is 10.5. The smallest absolute Gasteiger partial charge is 0.334 e. The zero-order valence-corrected chi connectivity index (χ0v) is 12.3. The summed E-state index contributed by atoms with van der Waals surface area (Å²) >= 11 is 0. The van der Waals surface area contributed by atoms with Crippen LogP contribution in [0, 0.1) is 0 Å². The van der Waals surface area contributed by atoms with E-state index in [4.69, 9.17) is 9.94 Å². The van der Waals surface area contributed by atoms with Gasteiger partial charge in [-0.3, -0.25) is 0 Å². The molecule has 0 aliphatic rings. The molecule has 0 atom stereocenters. The summed E-state index contributed by atoms with van der Waals surface area (Å²) in [5.41, 5.74) is 0. The van der Waals surface area contributed by atoms with Crippen LogP contribution in [0.1, 0.15) is 6.42 Å². The highest BCUT2D eigenvalue weighted by atomic mass is 33.1. The Morgan fingerprint density at radius 3 is 2.76 bits per heavy atom. The summed E-state index contributed by atoms with van der Waals surface area (Å²) in [5, 5.41) is 28.6. The second-order valence-corrected chi connectivity index (χ2v) is 6.23. The first-order chi connectivity index (χ1) is 10.1. The Morgan fingerprint density at radius 2 is 2.14 bits per heavy atom. The number of pyridine rings is 1. The molecule has 0 bridgehead atoms. The van der Waals surface area contributed by atoms with Gasteiger partial charge in [0.1, 0.15) is 5.03 Å². The standard InChI is InChI=1S/C12H12N2O5S2/c15-8-7-10(16)14(12(8)18)19-11(17)4-6-20-21-9-3-1-2-5-13-9/h1-3,5,7,15-16,18H,4,6H2. The van der Waals surface area contributed by atoms with Gasteiger partial charge in [-0.05, 0) is 22.9 Å². The van der Waals surface area contributed by atoms with Crippen LogP contribution in [0.4, 0.5) is 0 Å². The third-order valence-corrected chi connectivity index (χ3v) is 4.53. The quantitative estimate of drug-likeness (QED) is 0.544. The monoisotopic (exact) mass is 328 g/mol. The van der Waals surface area contributed by atoms with Crippen LogP contribution < -0.4 is 4.84 Å². The van der Waals surface area contributed by atoms with Crippen molar-refractivity contribution < 1.29 is 25.0 Å². The van der Waals surface area contributed by atoms with E-state index in [0.29, 0.717) is 10.5 Å². The molecule has 0 unspecified atom stereocenters. The maximum Gasteiger partial charge on any atom is 0.334 e. The molecule has 0 aromatic carbocycles. The molecule has 2 rings (SSSR count). The fraction of sp³-hybridized carbons (Fsp3) is 0.167. The molecule has 0 spiro atoms. The molecule has 112 valence electrons. The maximum atomic E-state index is 11.6. The molecule has 0 amide bonds. The van der Waals surface area contributed by atoms with Crippen LogP contribution in [0.3, 0.4) is 0 Å². The molecule has 2 aromatic rings. The highest BCUT2D eigenvalue weighted by Gasteiger charge is 2.17. The Morgan fingerprint density at radius 1 is 1.33 bits per heavy atom. The van der Waals surface area contributed by atoms with E-state index < -0.39 is 23.5 Å². The number of aromatic hydroxyl groups is 3. The van der Waals surface area contributed by atoms with Gasteiger partial charge in [0.25, 0.3) is 5.88 Å². The van der Waals surface area contributed by atoms with Crippen molar-refractivity contribution >= 4 is 27.6 Å². The molecule has 0 radical (unpaired) electrons. The summed E-state index contributed by atoms with van der Waals surface area (Å²) in [5.74, 6) is -2.04. The SMILES string of the molecule is O=C(CCSSc1ccccn1)On1c(O)cc(O)c1O. The van der Waals surface area contributed by atoms with Crippen LogP contribution in [-0.2, 0) is 4.79 Å². The van der Waals surface area contributed by atoms with E-state index in [2.05, 4.69) is 4.98 Å². The molecule has 0 saturated carbocycles. The minimum absolute atomic E-state index is 0.0717. The van der Waals surface area contributed by atoms with Gasteiger partial charge in [-0.2, -0.15) is 0 Å². The van der Waals surface area contributed by atoms with Crippen LogP contribution in [-0.4, -0.2) is 36.8 Å². The van der Waals surface area contributed by atoms with E-state index >= 15 is 0 Å². The summed E-state index contributed by atoms with van der Waals surface area (Å²) in [7, 11) is 2.86. The third kappa shape index (κ3) is 4.23. The van der Waals surface area contributed by atoms with E-state index in [9.17, 15) is 15.0 Å². The molecular weight excluding hydrogens is 316 g/mol. The minimum atomic E-state index is -0.726. The van der Waals surface area contributed by atoms with Crippen molar-refractivity contribution in [1.82, 2.24) is 9.71 Å². The number of carbonyl (C=O) groups is 1. The number of hydrogen-bond acceptors (Lipinski definition) is 8. The Kier molecular flexibility index (Phi) is 5.23. The summed E-state index contributed by atoms with van der Waals surface area (Å²) in [6.07, 6.45) is 1.75. The lowest BCUT2D eigenvalue weighted by Gasteiger charge is -2.06. The Balaban J connectivity index is 1.75. The highest BCUT2D eigenvalue weighted by Crippen LogP contribution is 2.32. The van der Waals surface area contributed by atoms with Crippen LogP contribution in [0.25, 0.3) is 0 Å². The van der Waals surface area contributed by atoms with Crippen molar-refractivity contribution in [1.29, 1.82) is 0 Å². The second-order valence-electron chi connectivity index (χ2n) is 3.79. The molecule has 0 saturated heterocycles. The van der Waals surface area contributed by atoms with Crippen molar-refractivity contribution in [3.8, 4) is 17.5 Å². The summed E-state index contributed by atoms with van der Waals surface area (Å²) < 4.78 is 0.466. The first-order valence-corrected chi connectivity index (χ1v) is 8.14. The van der Waals surface area contributed by atoms with Gasteiger partial charge in [0, 0.05) is 18.0 Å². The molecular formula is C12H12N2O5S2. The van der Waals surface area contributed by atoms with Crippen LogP contribution in [0.15, 0.2) is 35.5 Å². The van der Waals surface area contributed by atoms with E-state index in [-0.39, 0.29) is 6.42 Å². The van der Waals surface area contributed by atoms with Crippen molar-refractivity contribution in [2.75, 3.05) is 5.75 Å². The van der Waals surface area contributed by atoms with Crippen molar-refractivity contribution in [3.63, 3.8) is 0 Å². The van der Waals surface area contributed by atoms with Gasteiger partial charge in [-0.1, -0.05) is 16.9 Å². The van der Waals surface area contributed by atoms with Crippen molar-refractivity contribution in [3.05, 3.63) is 30.5 Å². The van der Waals surface area contributed by atoms with Gasteiger partial charge in [0.05, 0.1) is 6.42 Å². The molecule has 7 nitrogen and oxygen atoms in total. The molecule has 9 heteroatoms. The van der Waals surface area contributed by atoms with Gasteiger partial charge in [0.15, 0.2) is 5.75 Å². The average Bonchev–Trinajstić information content (AvgIpc) is 2.71. The Bertz CT molecular complexity index is 618. The lowest BCUT2D eigenvalue weighted by atomic mass is 10.5. The fourth-order valence-corrected chi connectivity index (χ4v) is 3.17. The van der Waals surface area contributed by atoms with E-state index in [1.807, 2.05) is 18.2 Å². The minimum Gasteiger partial charge on any atom is -0.503 e. The van der Waals surface area contributed by atoms with Crippen LogP contribution in [0.2, 0.25) is 0 Å². The first-order valence-electron chi connectivity index (χ1n) is 5.82. The predicted molar refractivity (Wildman–Crippen MR) is 78.2 cm³/mol. The van der Waals surface area contributed by atoms with E-state index in [1.54, 1.807) is 6.20 Å². The molecule has 0 aliphatic heterocycles. The topological polar surface area (TPSA) is 105 Å². The molecule has 2 aromatic heterocycles. The van der Waals surface area contributed by atoms with Gasteiger partial charge in [-0.15, -0.1) is 4.73 Å². The number of rotatable bonds is 6. The second kappa shape index (κ2) is 7.14. The summed E-state index contributed by atoms with van der Waals surface area (Å²) in [4.78, 5) is 20.4. The largest absolute Gasteiger partial charge is 0.503 e. The van der Waals surface area contributed by atoms with E-state index in [1.165, 1.54) is 21.6 Å². The number of nitrogens with zero attached hydrogens (tertiary/aromatic N) is 2. The van der Waals surface area contributed by atoms with Crippen molar-refractivity contribution in [2.45, 2.75) is 11.4 Å². The molecule has 21 heavy (non-hydrogen) atoms. The van der Waals surface area contributed by atoms with Gasteiger partial charge < -0.3 is 20.2 Å². The summed E-state index contributed by atoms with van der Waals surface area (Å²) in [6.45, 7) is 0. The Labute approximate surface area is 127 Å². The molecule has 0 aliphatic carbocycles. The zero-order valence-electron chi connectivity index (χ0n) is 10.7. The fourth-order valence-electron chi connectivity index (χ4n) is 1.32. The molecule has 0 fully saturated rings. The van der Waals surface area contributed by atoms with Crippen LogP contribution in [0.5, 0.6) is 17.5 Å².